The van der Waals surface area contributed by atoms with Crippen LogP contribution in [-0.2, 0) is 16.0 Å². The Morgan fingerprint density at radius 2 is 1.96 bits per heavy atom. The molecule has 0 bridgehead atoms. The quantitative estimate of drug-likeness (QED) is 0.795. The molecule has 0 aromatic heterocycles. The Morgan fingerprint density at radius 1 is 1.19 bits per heavy atom. The number of amides is 2. The number of nitrogens with one attached hydrogen (secondary N) is 1. The zero-order valence-electron chi connectivity index (χ0n) is 16.0. The van der Waals surface area contributed by atoms with Crippen LogP contribution in [0.3, 0.4) is 0 Å². The second-order valence-corrected chi connectivity index (χ2v) is 7.62. The Bertz CT molecular complexity index is 652. The molecule has 3 rings (SSSR count). The van der Waals surface area contributed by atoms with E-state index in [1.165, 1.54) is 12.1 Å². The van der Waals surface area contributed by atoms with Crippen LogP contribution in [0.1, 0.15) is 18.4 Å². The van der Waals surface area contributed by atoms with Gasteiger partial charge in [0.05, 0.1) is 12.6 Å². The van der Waals surface area contributed by atoms with Crippen molar-refractivity contribution >= 4 is 11.8 Å². The minimum atomic E-state index is -0.255. The van der Waals surface area contributed by atoms with Gasteiger partial charge in [-0.3, -0.25) is 14.5 Å². The highest BCUT2D eigenvalue weighted by molar-refractivity contribution is 5.83. The smallest absolute Gasteiger partial charge is 0.234 e. The van der Waals surface area contributed by atoms with Gasteiger partial charge in [-0.15, -0.1) is 0 Å². The van der Waals surface area contributed by atoms with Crippen molar-refractivity contribution in [3.8, 4) is 0 Å². The molecule has 1 atom stereocenters. The average Bonchev–Trinajstić information content (AvgIpc) is 2.84. The van der Waals surface area contributed by atoms with Gasteiger partial charge in [-0.1, -0.05) is 12.1 Å². The second kappa shape index (κ2) is 9.28. The molecule has 2 aliphatic rings. The summed E-state index contributed by atoms with van der Waals surface area (Å²) in [5, 5.41) is 3.02. The third kappa shape index (κ3) is 6.01. The molecule has 7 heteroatoms. The molecule has 2 fully saturated rings. The summed E-state index contributed by atoms with van der Waals surface area (Å²) in [6.45, 7) is 5.42. The molecule has 2 saturated heterocycles. The first-order chi connectivity index (χ1) is 13.0. The largest absolute Gasteiger partial charge is 0.350 e. The predicted molar refractivity (Wildman–Crippen MR) is 102 cm³/mol. The van der Waals surface area contributed by atoms with Crippen molar-refractivity contribution in [2.24, 2.45) is 0 Å². The van der Waals surface area contributed by atoms with E-state index in [9.17, 15) is 14.0 Å². The van der Waals surface area contributed by atoms with E-state index >= 15 is 0 Å². The minimum absolute atomic E-state index is 0.00209. The van der Waals surface area contributed by atoms with Crippen LogP contribution in [-0.4, -0.2) is 85.4 Å². The standard InChI is InChI=1S/C20H29FN4O2/c1-23-8-2-9-24(12-11-23)15-19(26)22-18-13-20(27)25(14-18)10-7-16-3-5-17(21)6-4-16/h3-6,18H,2,7-15H2,1H3,(H,22,26)/t18-/m1/s1. The van der Waals surface area contributed by atoms with Crippen LogP contribution in [0.2, 0.25) is 0 Å². The van der Waals surface area contributed by atoms with Gasteiger partial charge in [-0.25, -0.2) is 4.39 Å². The van der Waals surface area contributed by atoms with E-state index in [-0.39, 0.29) is 23.7 Å². The normalized spacial score (nSPS) is 22.1. The number of likely N-dealkylation sites (tertiary alicyclic amines) is 1. The molecule has 2 amide bonds. The number of nitrogens with zero attached hydrogens (tertiary/aromatic N) is 3. The number of rotatable bonds is 6. The molecule has 0 spiro atoms. The fourth-order valence-corrected chi connectivity index (χ4v) is 3.73. The highest BCUT2D eigenvalue weighted by Crippen LogP contribution is 2.13. The molecular formula is C20H29FN4O2. The summed E-state index contributed by atoms with van der Waals surface area (Å²) in [6.07, 6.45) is 2.12. The van der Waals surface area contributed by atoms with E-state index in [0.717, 1.165) is 38.2 Å². The maximum atomic E-state index is 13.0. The van der Waals surface area contributed by atoms with E-state index in [2.05, 4.69) is 22.2 Å². The van der Waals surface area contributed by atoms with Crippen LogP contribution in [0.15, 0.2) is 24.3 Å². The fraction of sp³-hybridized carbons (Fsp3) is 0.600. The molecule has 148 valence electrons. The van der Waals surface area contributed by atoms with Gasteiger partial charge in [0.1, 0.15) is 5.82 Å². The highest BCUT2D eigenvalue weighted by Gasteiger charge is 2.30. The molecule has 1 aromatic carbocycles. The van der Waals surface area contributed by atoms with Crippen molar-refractivity contribution in [3.05, 3.63) is 35.6 Å². The lowest BCUT2D eigenvalue weighted by atomic mass is 10.1. The van der Waals surface area contributed by atoms with Gasteiger partial charge in [0.15, 0.2) is 0 Å². The molecular weight excluding hydrogens is 347 g/mol. The molecule has 6 nitrogen and oxygen atoms in total. The van der Waals surface area contributed by atoms with Gasteiger partial charge < -0.3 is 15.1 Å². The molecule has 2 heterocycles. The van der Waals surface area contributed by atoms with E-state index in [4.69, 9.17) is 0 Å². The molecule has 0 radical (unpaired) electrons. The first kappa shape index (κ1) is 19.8. The van der Waals surface area contributed by atoms with Crippen molar-refractivity contribution in [1.82, 2.24) is 20.0 Å². The van der Waals surface area contributed by atoms with Crippen molar-refractivity contribution in [2.75, 3.05) is 52.9 Å². The monoisotopic (exact) mass is 376 g/mol. The molecule has 2 aliphatic heterocycles. The molecule has 0 unspecified atom stereocenters. The number of likely N-dealkylation sites (N-methyl/N-ethyl adjacent to an activating group) is 1. The summed E-state index contributed by atoms with van der Waals surface area (Å²) >= 11 is 0. The summed E-state index contributed by atoms with van der Waals surface area (Å²) in [4.78, 5) is 30.8. The van der Waals surface area contributed by atoms with Crippen LogP contribution in [0.4, 0.5) is 4.39 Å². The Morgan fingerprint density at radius 3 is 2.74 bits per heavy atom. The third-order valence-corrected chi connectivity index (χ3v) is 5.34. The van der Waals surface area contributed by atoms with Crippen molar-refractivity contribution in [1.29, 1.82) is 0 Å². The zero-order chi connectivity index (χ0) is 19.2. The van der Waals surface area contributed by atoms with Gasteiger partial charge >= 0.3 is 0 Å². The number of hydrogen-bond acceptors (Lipinski definition) is 4. The number of halogens is 1. The van der Waals surface area contributed by atoms with E-state index < -0.39 is 0 Å². The average molecular weight is 376 g/mol. The Labute approximate surface area is 160 Å². The molecule has 1 N–H and O–H groups in total. The summed E-state index contributed by atoms with van der Waals surface area (Å²) in [5.74, 6) is -0.189. The summed E-state index contributed by atoms with van der Waals surface area (Å²) in [6, 6.07) is 6.24. The van der Waals surface area contributed by atoms with E-state index in [1.54, 1.807) is 17.0 Å². The zero-order valence-corrected chi connectivity index (χ0v) is 16.0. The van der Waals surface area contributed by atoms with Gasteiger partial charge in [-0.2, -0.15) is 0 Å². The van der Waals surface area contributed by atoms with E-state index in [1.807, 2.05) is 0 Å². The molecule has 1 aromatic rings. The summed E-state index contributed by atoms with van der Waals surface area (Å²) < 4.78 is 13.0. The van der Waals surface area contributed by atoms with Crippen LogP contribution in [0.5, 0.6) is 0 Å². The fourth-order valence-electron chi connectivity index (χ4n) is 3.73. The van der Waals surface area contributed by atoms with Crippen molar-refractivity contribution in [3.63, 3.8) is 0 Å². The number of carbonyl (C=O) groups excluding carboxylic acids is 2. The topological polar surface area (TPSA) is 55.9 Å². The lowest BCUT2D eigenvalue weighted by Gasteiger charge is -2.21. The summed E-state index contributed by atoms with van der Waals surface area (Å²) in [5.41, 5.74) is 1.00. The van der Waals surface area contributed by atoms with Gasteiger partial charge in [0.25, 0.3) is 0 Å². The van der Waals surface area contributed by atoms with Gasteiger partial charge in [0.2, 0.25) is 11.8 Å². The number of carbonyl (C=O) groups is 2. The third-order valence-electron chi connectivity index (χ3n) is 5.34. The van der Waals surface area contributed by atoms with E-state index in [0.29, 0.717) is 32.5 Å². The maximum absolute atomic E-state index is 13.0. The van der Waals surface area contributed by atoms with Crippen LogP contribution in [0, 0.1) is 5.82 Å². The SMILES string of the molecule is CN1CCCN(CC(=O)N[C@@H]2CC(=O)N(CCc3ccc(F)cc3)C2)CC1. The van der Waals surface area contributed by atoms with Gasteiger partial charge in [0, 0.05) is 32.6 Å². The Kier molecular flexibility index (Phi) is 6.79. The molecule has 0 saturated carbocycles. The maximum Gasteiger partial charge on any atom is 0.234 e. The minimum Gasteiger partial charge on any atom is -0.350 e. The molecule has 27 heavy (non-hydrogen) atoms. The van der Waals surface area contributed by atoms with Crippen LogP contribution >= 0.6 is 0 Å². The second-order valence-electron chi connectivity index (χ2n) is 7.62. The first-order valence-electron chi connectivity index (χ1n) is 9.72. The molecule has 0 aliphatic carbocycles. The van der Waals surface area contributed by atoms with Crippen molar-refractivity contribution < 1.29 is 14.0 Å². The van der Waals surface area contributed by atoms with Crippen LogP contribution in [0.25, 0.3) is 0 Å². The Balaban J connectivity index is 1.41. The highest BCUT2D eigenvalue weighted by atomic mass is 19.1. The first-order valence-corrected chi connectivity index (χ1v) is 9.72. The lowest BCUT2D eigenvalue weighted by molar-refractivity contribution is -0.127. The number of hydrogen-bond donors (Lipinski definition) is 1. The lowest BCUT2D eigenvalue weighted by Crippen LogP contribution is -2.44. The van der Waals surface area contributed by atoms with Gasteiger partial charge in [-0.05, 0) is 50.7 Å². The number of benzene rings is 1. The predicted octanol–water partition coefficient (Wildman–Crippen LogP) is 0.723. The van der Waals surface area contributed by atoms with Crippen molar-refractivity contribution in [2.45, 2.75) is 25.3 Å². The summed E-state index contributed by atoms with van der Waals surface area (Å²) in [7, 11) is 2.11. The Hall–Kier alpha value is -1.99. The van der Waals surface area contributed by atoms with Crippen LogP contribution < -0.4 is 5.32 Å².